The molecule has 2 atom stereocenters. The molecule has 1 fully saturated rings. The maximum absolute atomic E-state index is 11.3. The SMILES string of the molecule is COC(=O)c1ccc(CNC2CCCC2CO)nc1. The largest absolute Gasteiger partial charge is 0.465 e. The Kier molecular flexibility index (Phi) is 4.87. The van der Waals surface area contributed by atoms with Gasteiger partial charge >= 0.3 is 5.97 Å². The molecule has 5 nitrogen and oxygen atoms in total. The quantitative estimate of drug-likeness (QED) is 0.780. The molecule has 2 rings (SSSR count). The maximum atomic E-state index is 11.3. The number of carbonyl (C=O) groups excluding carboxylic acids is 1. The predicted octanol–water partition coefficient (Wildman–Crippen LogP) is 1.12. The summed E-state index contributed by atoms with van der Waals surface area (Å²) in [7, 11) is 1.35. The molecule has 0 bridgehead atoms. The minimum Gasteiger partial charge on any atom is -0.465 e. The van der Waals surface area contributed by atoms with Crippen LogP contribution < -0.4 is 5.32 Å². The highest BCUT2D eigenvalue weighted by atomic mass is 16.5. The van der Waals surface area contributed by atoms with E-state index in [-0.39, 0.29) is 12.6 Å². The molecule has 0 aromatic carbocycles. The third-order valence-electron chi connectivity index (χ3n) is 3.68. The van der Waals surface area contributed by atoms with Crippen LogP contribution in [0.4, 0.5) is 0 Å². The van der Waals surface area contributed by atoms with Crippen molar-refractivity contribution in [3.05, 3.63) is 29.6 Å². The Morgan fingerprint density at radius 2 is 2.37 bits per heavy atom. The van der Waals surface area contributed by atoms with Gasteiger partial charge in [0, 0.05) is 25.4 Å². The van der Waals surface area contributed by atoms with Crippen molar-refractivity contribution in [3.8, 4) is 0 Å². The second-order valence-electron chi connectivity index (χ2n) is 4.89. The van der Waals surface area contributed by atoms with Crippen molar-refractivity contribution in [3.63, 3.8) is 0 Å². The number of hydrogen-bond donors (Lipinski definition) is 2. The van der Waals surface area contributed by atoms with Gasteiger partial charge in [0.1, 0.15) is 0 Å². The van der Waals surface area contributed by atoms with Crippen LogP contribution in [0.5, 0.6) is 0 Å². The summed E-state index contributed by atoms with van der Waals surface area (Å²) < 4.78 is 4.62. The van der Waals surface area contributed by atoms with E-state index in [2.05, 4.69) is 15.0 Å². The predicted molar refractivity (Wildman–Crippen MR) is 70.6 cm³/mol. The number of nitrogens with one attached hydrogen (secondary N) is 1. The molecule has 1 aromatic rings. The average molecular weight is 264 g/mol. The van der Waals surface area contributed by atoms with Crippen LogP contribution in [-0.2, 0) is 11.3 Å². The fourth-order valence-corrected chi connectivity index (χ4v) is 2.53. The molecule has 2 unspecified atom stereocenters. The Balaban J connectivity index is 1.88. The first kappa shape index (κ1) is 14.0. The summed E-state index contributed by atoms with van der Waals surface area (Å²) in [6.07, 6.45) is 4.88. The first-order valence-corrected chi connectivity index (χ1v) is 6.62. The van der Waals surface area contributed by atoms with Gasteiger partial charge in [0.25, 0.3) is 0 Å². The molecule has 5 heteroatoms. The maximum Gasteiger partial charge on any atom is 0.339 e. The molecule has 0 spiro atoms. The summed E-state index contributed by atoms with van der Waals surface area (Å²) in [4.78, 5) is 15.5. The van der Waals surface area contributed by atoms with Crippen molar-refractivity contribution < 1.29 is 14.6 Å². The number of hydrogen-bond acceptors (Lipinski definition) is 5. The zero-order chi connectivity index (χ0) is 13.7. The lowest BCUT2D eigenvalue weighted by atomic mass is 10.1. The molecular formula is C14H20N2O3. The number of aromatic nitrogens is 1. The van der Waals surface area contributed by atoms with Crippen LogP contribution >= 0.6 is 0 Å². The van der Waals surface area contributed by atoms with Crippen LogP contribution in [0.25, 0.3) is 0 Å². The molecular weight excluding hydrogens is 244 g/mol. The van der Waals surface area contributed by atoms with Crippen molar-refractivity contribution in [2.45, 2.75) is 31.8 Å². The van der Waals surface area contributed by atoms with E-state index in [0.29, 0.717) is 24.1 Å². The van der Waals surface area contributed by atoms with E-state index in [9.17, 15) is 9.90 Å². The van der Waals surface area contributed by atoms with Crippen molar-refractivity contribution in [1.29, 1.82) is 0 Å². The molecule has 1 aliphatic carbocycles. The first-order chi connectivity index (χ1) is 9.24. The average Bonchev–Trinajstić information content (AvgIpc) is 2.92. The van der Waals surface area contributed by atoms with E-state index in [1.54, 1.807) is 6.07 Å². The van der Waals surface area contributed by atoms with Gasteiger partial charge in [-0.1, -0.05) is 6.42 Å². The Bertz CT molecular complexity index is 419. The Labute approximate surface area is 113 Å². The third-order valence-corrected chi connectivity index (χ3v) is 3.68. The van der Waals surface area contributed by atoms with Crippen LogP contribution in [-0.4, -0.2) is 35.8 Å². The van der Waals surface area contributed by atoms with Gasteiger partial charge in [0.15, 0.2) is 0 Å². The zero-order valence-corrected chi connectivity index (χ0v) is 11.1. The van der Waals surface area contributed by atoms with E-state index >= 15 is 0 Å². The van der Waals surface area contributed by atoms with Gasteiger partial charge in [-0.05, 0) is 30.9 Å². The summed E-state index contributed by atoms with van der Waals surface area (Å²) >= 11 is 0. The molecule has 0 amide bonds. The fraction of sp³-hybridized carbons (Fsp3) is 0.571. The van der Waals surface area contributed by atoms with E-state index in [1.165, 1.54) is 13.3 Å². The van der Waals surface area contributed by atoms with Gasteiger partial charge < -0.3 is 15.2 Å². The molecule has 1 heterocycles. The van der Waals surface area contributed by atoms with Crippen LogP contribution in [0.15, 0.2) is 18.3 Å². The molecule has 104 valence electrons. The smallest absolute Gasteiger partial charge is 0.339 e. The second-order valence-corrected chi connectivity index (χ2v) is 4.89. The molecule has 0 saturated heterocycles. The highest BCUT2D eigenvalue weighted by Gasteiger charge is 2.25. The fourth-order valence-electron chi connectivity index (χ4n) is 2.53. The van der Waals surface area contributed by atoms with E-state index in [4.69, 9.17) is 0 Å². The normalized spacial score (nSPS) is 22.4. The zero-order valence-electron chi connectivity index (χ0n) is 11.1. The first-order valence-electron chi connectivity index (χ1n) is 6.62. The van der Waals surface area contributed by atoms with Crippen LogP contribution in [0.1, 0.15) is 35.3 Å². The topological polar surface area (TPSA) is 71.5 Å². The lowest BCUT2D eigenvalue weighted by Gasteiger charge is -2.18. The van der Waals surface area contributed by atoms with Gasteiger partial charge in [-0.15, -0.1) is 0 Å². The van der Waals surface area contributed by atoms with Crippen molar-refractivity contribution in [2.75, 3.05) is 13.7 Å². The van der Waals surface area contributed by atoms with Gasteiger partial charge in [-0.3, -0.25) is 4.98 Å². The number of carbonyl (C=O) groups is 1. The number of aliphatic hydroxyl groups is 1. The summed E-state index contributed by atoms with van der Waals surface area (Å²) in [5, 5.41) is 12.7. The summed E-state index contributed by atoms with van der Waals surface area (Å²) in [5.74, 6) is -0.0162. The monoisotopic (exact) mass is 264 g/mol. The molecule has 1 saturated carbocycles. The van der Waals surface area contributed by atoms with Crippen LogP contribution in [0, 0.1) is 5.92 Å². The molecule has 2 N–H and O–H groups in total. The number of pyridine rings is 1. The van der Waals surface area contributed by atoms with Crippen molar-refractivity contribution in [2.24, 2.45) is 5.92 Å². The van der Waals surface area contributed by atoms with Crippen molar-refractivity contribution in [1.82, 2.24) is 10.3 Å². The summed E-state index contributed by atoms with van der Waals surface area (Å²) in [6, 6.07) is 3.91. The Hall–Kier alpha value is -1.46. The molecule has 19 heavy (non-hydrogen) atoms. The number of methoxy groups -OCH3 is 1. The van der Waals surface area contributed by atoms with Crippen LogP contribution in [0.2, 0.25) is 0 Å². The third kappa shape index (κ3) is 3.52. The molecule has 1 aliphatic rings. The van der Waals surface area contributed by atoms with Gasteiger partial charge in [-0.2, -0.15) is 0 Å². The van der Waals surface area contributed by atoms with E-state index < -0.39 is 0 Å². The lowest BCUT2D eigenvalue weighted by molar-refractivity contribution is 0.0600. The van der Waals surface area contributed by atoms with Gasteiger partial charge in [-0.25, -0.2) is 4.79 Å². The minimum atomic E-state index is -0.372. The van der Waals surface area contributed by atoms with Crippen molar-refractivity contribution >= 4 is 5.97 Å². The molecule has 0 radical (unpaired) electrons. The number of aliphatic hydroxyl groups excluding tert-OH is 1. The molecule has 1 aromatic heterocycles. The molecule has 0 aliphatic heterocycles. The minimum absolute atomic E-state index is 0.242. The Morgan fingerprint density at radius 1 is 1.53 bits per heavy atom. The lowest BCUT2D eigenvalue weighted by Crippen LogP contribution is -2.33. The second kappa shape index (κ2) is 6.63. The Morgan fingerprint density at radius 3 is 3.00 bits per heavy atom. The summed E-state index contributed by atoms with van der Waals surface area (Å²) in [6.45, 7) is 0.898. The summed E-state index contributed by atoms with van der Waals surface area (Å²) in [5.41, 5.74) is 1.34. The number of esters is 1. The highest BCUT2D eigenvalue weighted by Crippen LogP contribution is 2.25. The van der Waals surface area contributed by atoms with E-state index in [0.717, 1.165) is 25.0 Å². The van der Waals surface area contributed by atoms with Gasteiger partial charge in [0.2, 0.25) is 0 Å². The highest BCUT2D eigenvalue weighted by molar-refractivity contribution is 5.88. The number of ether oxygens (including phenoxy) is 1. The number of rotatable bonds is 5. The van der Waals surface area contributed by atoms with Gasteiger partial charge in [0.05, 0.1) is 18.4 Å². The van der Waals surface area contributed by atoms with Crippen LogP contribution in [0.3, 0.4) is 0 Å². The number of nitrogens with zero attached hydrogens (tertiary/aromatic N) is 1. The van der Waals surface area contributed by atoms with E-state index in [1.807, 2.05) is 6.07 Å². The standard InChI is InChI=1S/C14H20N2O3/c1-19-14(18)10-5-6-12(15-7-10)8-16-13-4-2-3-11(13)9-17/h5-7,11,13,16-17H,2-4,8-9H2,1H3.